The first kappa shape index (κ1) is 28.3. The Morgan fingerprint density at radius 3 is 2.50 bits per heavy atom. The highest BCUT2D eigenvalue weighted by Gasteiger charge is 2.81. The maximum absolute atomic E-state index is 14.6. The number of carbonyl (C=O) groups excluding carboxylic acids is 2. The van der Waals surface area contributed by atoms with Crippen LogP contribution in [-0.2, 0) is 19.1 Å². The average Bonchev–Trinajstić information content (AvgIpc) is 3.61. The van der Waals surface area contributed by atoms with Gasteiger partial charge < -0.3 is 24.4 Å². The Labute approximate surface area is 248 Å². The van der Waals surface area contributed by atoms with E-state index in [2.05, 4.69) is 20.8 Å². The molecule has 0 bridgehead atoms. The number of fused-ring (bicyclic) bond motifs is 4. The molecule has 7 rings (SSSR count). The second-order valence-electron chi connectivity index (χ2n) is 14.4. The largest absolute Gasteiger partial charge is 0.497 e. The summed E-state index contributed by atoms with van der Waals surface area (Å²) >= 11 is 0. The fraction of sp³-hybridized carbons (Fsp3) is 0.657. The molecule has 1 aromatic carbocycles. The molecular weight excluding hydrogens is 532 g/mol. The first-order valence-corrected chi connectivity index (χ1v) is 15.8. The molecule has 4 aliphatic carbocycles. The minimum Gasteiger partial charge on any atom is -0.497 e. The van der Waals surface area contributed by atoms with Crippen LogP contribution in [0.1, 0.15) is 71.8 Å². The number of hydrogen-bond acceptors (Lipinski definition) is 7. The van der Waals surface area contributed by atoms with Gasteiger partial charge in [-0.3, -0.25) is 4.79 Å². The van der Waals surface area contributed by atoms with Gasteiger partial charge in [-0.05, 0) is 105 Å². The molecule has 6 aliphatic rings. The number of ether oxygens (including phenoxy) is 3. The Bertz CT molecular complexity index is 1380. The van der Waals surface area contributed by atoms with E-state index in [1.807, 2.05) is 31.2 Å². The predicted molar refractivity (Wildman–Crippen MR) is 156 cm³/mol. The van der Waals surface area contributed by atoms with Crippen LogP contribution in [0, 0.1) is 40.4 Å². The van der Waals surface area contributed by atoms with Crippen LogP contribution >= 0.6 is 0 Å². The Kier molecular flexibility index (Phi) is 6.41. The van der Waals surface area contributed by atoms with Gasteiger partial charge in [-0.2, -0.15) is 0 Å². The van der Waals surface area contributed by atoms with E-state index in [-0.39, 0.29) is 47.8 Å². The monoisotopic (exact) mass is 576 g/mol. The number of methoxy groups -OCH3 is 1. The van der Waals surface area contributed by atoms with Crippen molar-refractivity contribution < 1.29 is 34.0 Å². The third-order valence-electron chi connectivity index (χ3n) is 13.1. The third-order valence-corrected chi connectivity index (χ3v) is 13.1. The number of Topliss-reactive ketones (excluding diaryl/α,β-unsaturated/α-hetero) is 1. The van der Waals surface area contributed by atoms with Crippen molar-refractivity contribution in [2.45, 2.75) is 90.1 Å². The molecule has 1 spiro atoms. The smallest absolute Gasteiger partial charge is 0.336 e. The summed E-state index contributed by atoms with van der Waals surface area (Å²) < 4.78 is 17.7. The quantitative estimate of drug-likeness (QED) is 0.380. The van der Waals surface area contributed by atoms with Gasteiger partial charge in [0.2, 0.25) is 0 Å². The molecule has 7 nitrogen and oxygen atoms in total. The minimum absolute atomic E-state index is 0.0814. The van der Waals surface area contributed by atoms with E-state index in [1.165, 1.54) is 0 Å². The standard InChI is InChI=1S/C35H44O7/c1-18-14-28(41-32(39)24(18)17-36)19(2)25-10-11-26-23-16-30-35(42-30)29(37)15-22(20-6-8-21(40-5)9-7-20)31(38)34(35,4)27(23)12-13-33(25,26)3/h6-9,15,19,23,25-30,36-37H,10-14,16-17H2,1-5H3/t19-,23-,25+,26-,27-,28+,29-,30+,33+,34-,35+/m0/s1. The first-order valence-electron chi connectivity index (χ1n) is 15.8. The van der Waals surface area contributed by atoms with Crippen LogP contribution in [0.3, 0.4) is 0 Å². The molecule has 7 heteroatoms. The highest BCUT2D eigenvalue weighted by molar-refractivity contribution is 6.25. The van der Waals surface area contributed by atoms with Crippen molar-refractivity contribution in [1.82, 2.24) is 0 Å². The van der Waals surface area contributed by atoms with Crippen molar-refractivity contribution >= 4 is 17.3 Å². The SMILES string of the molecule is COc1ccc(C2=C[C@H](O)[C@@]34O[C@@H]3C[C@H]3[C@@H]5CC[C@H]([C@H](C)[C@H]6CC(C)=C(CO)C(=O)O6)[C@@]5(C)CC[C@@H]3[C@@]4(C)C2=O)cc1. The van der Waals surface area contributed by atoms with E-state index in [1.54, 1.807) is 13.2 Å². The lowest BCUT2D eigenvalue weighted by Gasteiger charge is -2.58. The molecule has 226 valence electrons. The summed E-state index contributed by atoms with van der Waals surface area (Å²) in [6, 6.07) is 7.53. The van der Waals surface area contributed by atoms with Gasteiger partial charge in [-0.1, -0.05) is 31.6 Å². The molecule has 4 fully saturated rings. The fourth-order valence-corrected chi connectivity index (χ4v) is 10.8. The van der Waals surface area contributed by atoms with Gasteiger partial charge in [-0.25, -0.2) is 4.79 Å². The van der Waals surface area contributed by atoms with Crippen LogP contribution in [0.25, 0.3) is 5.57 Å². The van der Waals surface area contributed by atoms with Crippen molar-refractivity contribution in [3.05, 3.63) is 47.1 Å². The van der Waals surface area contributed by atoms with Gasteiger partial charge in [0.05, 0.1) is 30.8 Å². The molecular formula is C35H44O7. The van der Waals surface area contributed by atoms with E-state index in [0.717, 1.165) is 49.0 Å². The van der Waals surface area contributed by atoms with Gasteiger partial charge in [0.1, 0.15) is 23.6 Å². The lowest BCUT2D eigenvalue weighted by Crippen LogP contribution is -2.64. The van der Waals surface area contributed by atoms with E-state index in [0.29, 0.717) is 35.3 Å². The molecule has 0 amide bonds. The van der Waals surface area contributed by atoms with Gasteiger partial charge in [-0.15, -0.1) is 0 Å². The summed E-state index contributed by atoms with van der Waals surface area (Å²) in [4.78, 5) is 27.2. The zero-order valence-electron chi connectivity index (χ0n) is 25.4. The van der Waals surface area contributed by atoms with Crippen LogP contribution in [0.4, 0.5) is 0 Å². The number of esters is 1. The summed E-state index contributed by atoms with van der Waals surface area (Å²) in [6.45, 7) is 8.42. The normalized spacial score (nSPS) is 44.7. The van der Waals surface area contributed by atoms with Crippen LogP contribution in [-0.4, -0.2) is 59.6 Å². The topological polar surface area (TPSA) is 106 Å². The van der Waals surface area contributed by atoms with Gasteiger partial charge in [0.15, 0.2) is 5.78 Å². The molecule has 2 aliphatic heterocycles. The fourth-order valence-electron chi connectivity index (χ4n) is 10.8. The minimum atomic E-state index is -0.829. The van der Waals surface area contributed by atoms with E-state index < -0.39 is 17.1 Å². The van der Waals surface area contributed by atoms with Crippen molar-refractivity contribution in [1.29, 1.82) is 0 Å². The molecule has 0 unspecified atom stereocenters. The maximum Gasteiger partial charge on any atom is 0.336 e. The lowest BCUT2D eigenvalue weighted by molar-refractivity contribution is -0.155. The van der Waals surface area contributed by atoms with Crippen LogP contribution < -0.4 is 4.74 Å². The van der Waals surface area contributed by atoms with Gasteiger partial charge in [0.25, 0.3) is 0 Å². The molecule has 42 heavy (non-hydrogen) atoms. The predicted octanol–water partition coefficient (Wildman–Crippen LogP) is 4.89. The van der Waals surface area contributed by atoms with Crippen molar-refractivity contribution in [2.75, 3.05) is 13.7 Å². The Morgan fingerprint density at radius 2 is 1.83 bits per heavy atom. The highest BCUT2D eigenvalue weighted by atomic mass is 16.6. The first-order chi connectivity index (χ1) is 20.0. The number of allylic oxidation sites excluding steroid dienone is 1. The second kappa shape index (κ2) is 9.51. The highest BCUT2D eigenvalue weighted by Crippen LogP contribution is 2.74. The van der Waals surface area contributed by atoms with Crippen LogP contribution in [0.5, 0.6) is 5.75 Å². The second-order valence-corrected chi connectivity index (χ2v) is 14.4. The summed E-state index contributed by atoms with van der Waals surface area (Å²) in [7, 11) is 1.62. The number of aliphatic hydroxyl groups is 2. The number of benzene rings is 1. The summed E-state index contributed by atoms with van der Waals surface area (Å²) in [5.41, 5.74) is 1.19. The molecule has 1 aromatic rings. The molecule has 2 N–H and O–H groups in total. The van der Waals surface area contributed by atoms with E-state index in [9.17, 15) is 19.8 Å². The summed E-state index contributed by atoms with van der Waals surface area (Å²) in [5.74, 6) is 1.99. The zero-order valence-corrected chi connectivity index (χ0v) is 25.4. The number of rotatable bonds is 5. The van der Waals surface area contributed by atoms with Crippen molar-refractivity contribution in [3.63, 3.8) is 0 Å². The summed E-state index contributed by atoms with van der Waals surface area (Å²) in [6.07, 6.45) is 6.28. The summed E-state index contributed by atoms with van der Waals surface area (Å²) in [5, 5.41) is 21.2. The van der Waals surface area contributed by atoms with Crippen molar-refractivity contribution in [2.24, 2.45) is 40.4 Å². The third kappa shape index (κ3) is 3.56. The maximum atomic E-state index is 14.6. The molecule has 0 aromatic heterocycles. The van der Waals surface area contributed by atoms with E-state index >= 15 is 0 Å². The Balaban J connectivity index is 1.18. The Hall–Kier alpha value is -2.48. The van der Waals surface area contributed by atoms with Crippen LogP contribution in [0.15, 0.2) is 41.5 Å². The number of carbonyl (C=O) groups is 2. The molecule has 0 radical (unpaired) electrons. The number of cyclic esters (lactones) is 1. The Morgan fingerprint density at radius 1 is 1.10 bits per heavy atom. The van der Waals surface area contributed by atoms with Gasteiger partial charge >= 0.3 is 5.97 Å². The number of ketones is 1. The lowest BCUT2D eigenvalue weighted by atomic mass is 9.43. The average molecular weight is 577 g/mol. The molecule has 2 heterocycles. The van der Waals surface area contributed by atoms with E-state index in [4.69, 9.17) is 14.2 Å². The van der Waals surface area contributed by atoms with Gasteiger partial charge in [0, 0.05) is 12.0 Å². The molecule has 11 atom stereocenters. The molecule has 3 saturated carbocycles. The number of aliphatic hydroxyl groups excluding tert-OH is 2. The van der Waals surface area contributed by atoms with Crippen LogP contribution in [0.2, 0.25) is 0 Å². The molecule has 1 saturated heterocycles. The number of epoxide rings is 1. The zero-order chi connectivity index (χ0) is 29.8. The van der Waals surface area contributed by atoms with Crippen molar-refractivity contribution in [3.8, 4) is 5.75 Å². The number of hydrogen-bond donors (Lipinski definition) is 2.